The number of rotatable bonds is 5. The quantitative estimate of drug-likeness (QED) is 0.569. The highest BCUT2D eigenvalue weighted by molar-refractivity contribution is 14.1. The van der Waals surface area contributed by atoms with Crippen molar-refractivity contribution in [2.45, 2.75) is 6.92 Å². The molecule has 2 aromatic rings. The fourth-order valence-electron chi connectivity index (χ4n) is 1.55. The number of aromatic nitrogens is 4. The van der Waals surface area contributed by atoms with Crippen LogP contribution >= 0.6 is 22.6 Å². The van der Waals surface area contributed by atoms with E-state index in [-0.39, 0.29) is 12.5 Å². The van der Waals surface area contributed by atoms with Gasteiger partial charge in [-0.2, -0.15) is 10.1 Å². The molecule has 7 nitrogen and oxygen atoms in total. The molecule has 0 aliphatic rings. The Balaban J connectivity index is 2.15. The number of halogens is 1. The molecule has 20 heavy (non-hydrogen) atoms. The van der Waals surface area contributed by atoms with Crippen molar-refractivity contribution in [3.05, 3.63) is 28.2 Å². The van der Waals surface area contributed by atoms with E-state index in [1.165, 1.54) is 0 Å². The van der Waals surface area contributed by atoms with Crippen molar-refractivity contribution in [1.82, 2.24) is 19.7 Å². The van der Waals surface area contributed by atoms with Crippen molar-refractivity contribution >= 4 is 34.5 Å². The average molecular weight is 387 g/mol. The summed E-state index contributed by atoms with van der Waals surface area (Å²) in [5, 5.41) is 4.19. The molecule has 0 aliphatic heterocycles. The Labute approximate surface area is 130 Å². The van der Waals surface area contributed by atoms with Gasteiger partial charge in [-0.05, 0) is 29.5 Å². The smallest absolute Gasteiger partial charge is 0.325 e. The van der Waals surface area contributed by atoms with Gasteiger partial charge in [0, 0.05) is 25.5 Å². The lowest BCUT2D eigenvalue weighted by Crippen LogP contribution is -2.28. The van der Waals surface area contributed by atoms with Crippen molar-refractivity contribution in [2.75, 3.05) is 25.1 Å². The van der Waals surface area contributed by atoms with Crippen molar-refractivity contribution < 1.29 is 9.53 Å². The number of nitrogens with zero attached hydrogens (tertiary/aromatic N) is 5. The zero-order chi connectivity index (χ0) is 14.5. The second-order valence-corrected chi connectivity index (χ2v) is 5.22. The lowest BCUT2D eigenvalue weighted by molar-refractivity contribution is -0.141. The van der Waals surface area contributed by atoms with Gasteiger partial charge < -0.3 is 9.64 Å². The van der Waals surface area contributed by atoms with Gasteiger partial charge in [0.2, 0.25) is 5.95 Å². The Kier molecular flexibility index (Phi) is 4.88. The van der Waals surface area contributed by atoms with Crippen molar-refractivity contribution in [1.29, 1.82) is 0 Å². The minimum Gasteiger partial charge on any atom is -0.465 e. The van der Waals surface area contributed by atoms with Crippen LogP contribution in [0.3, 0.4) is 0 Å². The molecule has 0 aliphatic carbocycles. The van der Waals surface area contributed by atoms with Gasteiger partial charge in [0.15, 0.2) is 5.82 Å². The number of carbonyl (C=O) groups excluding carboxylic acids is 1. The van der Waals surface area contributed by atoms with Crippen LogP contribution in [0.25, 0.3) is 5.82 Å². The lowest BCUT2D eigenvalue weighted by Gasteiger charge is -2.16. The van der Waals surface area contributed by atoms with Crippen LogP contribution in [0.15, 0.2) is 24.7 Å². The van der Waals surface area contributed by atoms with Gasteiger partial charge in [0.1, 0.15) is 6.54 Å². The van der Waals surface area contributed by atoms with E-state index in [9.17, 15) is 4.79 Å². The van der Waals surface area contributed by atoms with E-state index in [0.29, 0.717) is 18.4 Å². The van der Waals surface area contributed by atoms with Crippen molar-refractivity contribution in [2.24, 2.45) is 0 Å². The van der Waals surface area contributed by atoms with Crippen LogP contribution in [0.1, 0.15) is 6.92 Å². The van der Waals surface area contributed by atoms with E-state index >= 15 is 0 Å². The van der Waals surface area contributed by atoms with Gasteiger partial charge in [0.25, 0.3) is 0 Å². The Morgan fingerprint density at radius 3 is 3.00 bits per heavy atom. The monoisotopic (exact) mass is 387 g/mol. The molecule has 0 bridgehead atoms. The number of ether oxygens (including phenoxy) is 1. The van der Waals surface area contributed by atoms with Gasteiger partial charge in [-0.3, -0.25) is 4.79 Å². The first-order valence-electron chi connectivity index (χ1n) is 6.00. The minimum absolute atomic E-state index is 0.105. The fraction of sp³-hybridized carbons (Fsp3) is 0.333. The highest BCUT2D eigenvalue weighted by Crippen LogP contribution is 2.11. The molecule has 106 valence electrons. The first-order chi connectivity index (χ1) is 9.60. The van der Waals surface area contributed by atoms with Gasteiger partial charge in [0.05, 0.1) is 16.4 Å². The van der Waals surface area contributed by atoms with Crippen LogP contribution in [0.4, 0.5) is 5.95 Å². The molecule has 0 N–H and O–H groups in total. The molecule has 0 saturated heterocycles. The number of hydrogen-bond donors (Lipinski definition) is 0. The van der Waals surface area contributed by atoms with Crippen LogP contribution in [0.2, 0.25) is 0 Å². The van der Waals surface area contributed by atoms with Gasteiger partial charge in [-0.15, -0.1) is 0 Å². The predicted molar refractivity (Wildman–Crippen MR) is 81.8 cm³/mol. The highest BCUT2D eigenvalue weighted by atomic mass is 127. The third-order valence-corrected chi connectivity index (χ3v) is 2.98. The molecule has 2 rings (SSSR count). The molecule has 8 heteroatoms. The van der Waals surface area contributed by atoms with E-state index in [0.717, 1.165) is 3.57 Å². The molecule has 0 saturated carbocycles. The summed E-state index contributed by atoms with van der Waals surface area (Å²) < 4.78 is 7.57. The standard InChI is InChI=1S/C12H14IN5O2/c1-3-20-11(19)8-17(2)12-14-5-4-10(16-12)18-7-9(13)6-15-18/h4-7H,3,8H2,1-2H3. The maximum absolute atomic E-state index is 11.4. The molecule has 0 atom stereocenters. The van der Waals surface area contributed by atoms with Gasteiger partial charge in [-0.25, -0.2) is 9.67 Å². The van der Waals surface area contributed by atoms with E-state index in [1.807, 2.05) is 6.20 Å². The Morgan fingerprint density at radius 2 is 2.35 bits per heavy atom. The van der Waals surface area contributed by atoms with Crippen molar-refractivity contribution in [3.63, 3.8) is 0 Å². The summed E-state index contributed by atoms with van der Waals surface area (Å²) in [6, 6.07) is 1.75. The minimum atomic E-state index is -0.308. The van der Waals surface area contributed by atoms with E-state index in [2.05, 4.69) is 37.7 Å². The first kappa shape index (κ1) is 14.7. The molecule has 0 spiro atoms. The topological polar surface area (TPSA) is 73.1 Å². The Hall–Kier alpha value is -1.71. The highest BCUT2D eigenvalue weighted by Gasteiger charge is 2.11. The summed E-state index contributed by atoms with van der Waals surface area (Å²) in [6.07, 6.45) is 5.23. The lowest BCUT2D eigenvalue weighted by atomic mass is 10.5. The molecule has 0 aromatic carbocycles. The average Bonchev–Trinajstić information content (AvgIpc) is 2.86. The van der Waals surface area contributed by atoms with Crippen LogP contribution in [0, 0.1) is 3.57 Å². The van der Waals surface area contributed by atoms with Gasteiger partial charge in [-0.1, -0.05) is 0 Å². The van der Waals surface area contributed by atoms with Crippen LogP contribution in [0.5, 0.6) is 0 Å². The number of anilines is 1. The second kappa shape index (κ2) is 6.64. The summed E-state index contributed by atoms with van der Waals surface area (Å²) in [6.45, 7) is 2.24. The molecule has 0 amide bonds. The zero-order valence-electron chi connectivity index (χ0n) is 11.2. The van der Waals surface area contributed by atoms with Crippen LogP contribution < -0.4 is 4.90 Å². The molecule has 0 unspecified atom stereocenters. The van der Waals surface area contributed by atoms with Crippen LogP contribution in [-0.2, 0) is 9.53 Å². The van der Waals surface area contributed by atoms with E-state index in [1.54, 1.807) is 42.0 Å². The van der Waals surface area contributed by atoms with E-state index < -0.39 is 0 Å². The number of likely N-dealkylation sites (N-methyl/N-ethyl adjacent to an activating group) is 1. The Morgan fingerprint density at radius 1 is 1.55 bits per heavy atom. The summed E-state index contributed by atoms with van der Waals surface area (Å²) in [5.41, 5.74) is 0. The third-order valence-electron chi connectivity index (χ3n) is 2.43. The second-order valence-electron chi connectivity index (χ2n) is 3.98. The molecule has 2 aromatic heterocycles. The maximum atomic E-state index is 11.4. The molecule has 0 fully saturated rings. The van der Waals surface area contributed by atoms with E-state index in [4.69, 9.17) is 4.74 Å². The largest absolute Gasteiger partial charge is 0.465 e. The normalized spacial score (nSPS) is 10.3. The predicted octanol–water partition coefficient (Wildman–Crippen LogP) is 1.27. The summed E-state index contributed by atoms with van der Waals surface area (Å²) in [4.78, 5) is 21.6. The number of hydrogen-bond acceptors (Lipinski definition) is 6. The number of esters is 1. The Bertz CT molecular complexity index is 601. The molecular weight excluding hydrogens is 373 g/mol. The molecular formula is C12H14IN5O2. The van der Waals surface area contributed by atoms with Gasteiger partial charge >= 0.3 is 5.97 Å². The first-order valence-corrected chi connectivity index (χ1v) is 7.08. The number of carbonyl (C=O) groups is 1. The maximum Gasteiger partial charge on any atom is 0.325 e. The third kappa shape index (κ3) is 3.65. The summed E-state index contributed by atoms with van der Waals surface area (Å²) in [5.74, 6) is 0.785. The summed E-state index contributed by atoms with van der Waals surface area (Å²) in [7, 11) is 1.74. The molecule has 2 heterocycles. The van der Waals surface area contributed by atoms with Crippen LogP contribution in [-0.4, -0.2) is 45.9 Å². The fourth-order valence-corrected chi connectivity index (χ4v) is 1.94. The zero-order valence-corrected chi connectivity index (χ0v) is 13.3. The SMILES string of the molecule is CCOC(=O)CN(C)c1nccc(-n2cc(I)cn2)n1. The van der Waals surface area contributed by atoms with Crippen molar-refractivity contribution in [3.8, 4) is 5.82 Å². The molecule has 0 radical (unpaired) electrons. The summed E-state index contributed by atoms with van der Waals surface area (Å²) >= 11 is 2.18.